The van der Waals surface area contributed by atoms with Crippen LogP contribution in [0.1, 0.15) is 58.3 Å². The summed E-state index contributed by atoms with van der Waals surface area (Å²) in [6, 6.07) is 0. The predicted octanol–water partition coefficient (Wildman–Crippen LogP) is 3.14. The number of Topliss-reactive ketones (excluding diaryl/α,β-unsaturated/α-hetero) is 1. The van der Waals surface area contributed by atoms with Crippen LogP contribution >= 0.6 is 0 Å². The van der Waals surface area contributed by atoms with Gasteiger partial charge in [0.25, 0.3) is 0 Å². The first-order valence-corrected chi connectivity index (χ1v) is 11.0. The average molecular weight is 385 g/mol. The highest BCUT2D eigenvalue weighted by atomic mass is 16.6. The number of allylic oxidation sites excluding steroid dienone is 1. The van der Waals surface area contributed by atoms with E-state index in [0.717, 1.165) is 68.5 Å². The van der Waals surface area contributed by atoms with E-state index in [2.05, 4.69) is 24.0 Å². The van der Waals surface area contributed by atoms with Crippen molar-refractivity contribution in [2.75, 3.05) is 13.1 Å². The number of fused-ring (bicyclic) bond motifs is 5. The van der Waals surface area contributed by atoms with Crippen LogP contribution in [0.4, 0.5) is 0 Å². The maximum Gasteiger partial charge on any atom is 0.141 e. The number of hydrogen-bond donors (Lipinski definition) is 2. The first-order chi connectivity index (χ1) is 13.4. The molecule has 28 heavy (non-hydrogen) atoms. The molecular formula is C23H32N2O3. The van der Waals surface area contributed by atoms with Gasteiger partial charge in [0.2, 0.25) is 0 Å². The molecule has 5 heteroatoms. The minimum Gasteiger partial charge on any atom is -0.391 e. The van der Waals surface area contributed by atoms with Gasteiger partial charge >= 0.3 is 0 Å². The van der Waals surface area contributed by atoms with E-state index in [1.54, 1.807) is 0 Å². The summed E-state index contributed by atoms with van der Waals surface area (Å²) in [5.41, 5.74) is 1.93. The normalized spacial score (nSPS) is 46.8. The summed E-state index contributed by atoms with van der Waals surface area (Å²) in [7, 11) is 0. The number of oxime groups is 1. The highest BCUT2D eigenvalue weighted by molar-refractivity contribution is 5.97. The lowest BCUT2D eigenvalue weighted by Gasteiger charge is -2.56. The van der Waals surface area contributed by atoms with E-state index in [-0.39, 0.29) is 17.4 Å². The number of nitrogens with one attached hydrogen (secondary N) is 1. The second-order valence-electron chi connectivity index (χ2n) is 9.89. The zero-order chi connectivity index (χ0) is 19.5. The van der Waals surface area contributed by atoms with Gasteiger partial charge in [-0.25, -0.2) is 0 Å². The Kier molecular flexibility index (Phi) is 4.33. The molecule has 1 aliphatic heterocycles. The second kappa shape index (κ2) is 6.53. The lowest BCUT2D eigenvalue weighted by molar-refractivity contribution is -0.135. The molecular weight excluding hydrogens is 352 g/mol. The van der Waals surface area contributed by atoms with Gasteiger partial charge in [-0.15, -0.1) is 0 Å². The molecule has 5 nitrogen and oxygen atoms in total. The number of carbonyl (C=O) groups excluding carboxylic acids is 1. The van der Waals surface area contributed by atoms with Crippen molar-refractivity contribution in [2.24, 2.45) is 28.3 Å². The minimum absolute atomic E-state index is 0.154. The maximum atomic E-state index is 12.5. The Balaban J connectivity index is 1.41. The number of rotatable bonds is 2. The molecule has 5 rings (SSSR count). The highest BCUT2D eigenvalue weighted by Gasteiger charge is 2.60. The van der Waals surface area contributed by atoms with Gasteiger partial charge < -0.3 is 15.3 Å². The highest BCUT2D eigenvalue weighted by Crippen LogP contribution is 2.62. The Morgan fingerprint density at radius 1 is 1.25 bits per heavy atom. The van der Waals surface area contributed by atoms with Crippen molar-refractivity contribution in [1.29, 1.82) is 0 Å². The summed E-state index contributed by atoms with van der Waals surface area (Å²) >= 11 is 0. The van der Waals surface area contributed by atoms with Crippen LogP contribution in [0, 0.1) is 23.2 Å². The van der Waals surface area contributed by atoms with Gasteiger partial charge in [-0.3, -0.25) is 4.79 Å². The van der Waals surface area contributed by atoms with Crippen LogP contribution in [-0.2, 0) is 9.63 Å². The van der Waals surface area contributed by atoms with Crippen LogP contribution in [0.5, 0.6) is 0 Å². The molecule has 0 aromatic carbocycles. The topological polar surface area (TPSA) is 70.9 Å². The Hall–Kier alpha value is -1.46. The maximum absolute atomic E-state index is 12.5. The summed E-state index contributed by atoms with van der Waals surface area (Å²) < 4.78 is 0. The molecule has 2 N–H and O–H groups in total. The summed E-state index contributed by atoms with van der Waals surface area (Å²) in [4.78, 5) is 18.3. The van der Waals surface area contributed by atoms with Crippen molar-refractivity contribution in [3.05, 3.63) is 23.8 Å². The molecule has 4 aliphatic carbocycles. The first kappa shape index (κ1) is 18.6. The monoisotopic (exact) mass is 384 g/mol. The summed E-state index contributed by atoms with van der Waals surface area (Å²) in [6.07, 6.45) is 9.04. The molecule has 0 aromatic heterocycles. The van der Waals surface area contributed by atoms with Crippen molar-refractivity contribution in [3.8, 4) is 0 Å². The standard InChI is InChI=1S/C23H32N2O3/c1-14-11-17-18-3-4-21(26)22(18,2)8-6-19(17)23(27)9-5-15(12-20(14)23)25-28-16-7-10-24-13-16/h12,16-19,24,27H,1,3-11,13H2,2H3/b25-15+/t16?,17?,18?,19?,22-,23-/m0/s1. The van der Waals surface area contributed by atoms with E-state index in [1.807, 2.05) is 6.08 Å². The van der Waals surface area contributed by atoms with Gasteiger partial charge in [0.15, 0.2) is 0 Å². The Morgan fingerprint density at radius 3 is 2.89 bits per heavy atom. The zero-order valence-electron chi connectivity index (χ0n) is 16.9. The van der Waals surface area contributed by atoms with Gasteiger partial charge in [0, 0.05) is 24.8 Å². The lowest BCUT2D eigenvalue weighted by Crippen LogP contribution is -2.55. The molecule has 1 saturated heterocycles. The van der Waals surface area contributed by atoms with E-state index in [9.17, 15) is 9.90 Å². The van der Waals surface area contributed by atoms with Crippen molar-refractivity contribution in [1.82, 2.24) is 5.32 Å². The fourth-order valence-corrected chi connectivity index (χ4v) is 6.87. The van der Waals surface area contributed by atoms with Crippen LogP contribution in [0.2, 0.25) is 0 Å². The number of nitrogens with zero attached hydrogens (tertiary/aromatic N) is 1. The first-order valence-electron chi connectivity index (χ1n) is 11.0. The Bertz CT molecular complexity index is 766. The third-order valence-corrected chi connectivity index (χ3v) is 8.50. The molecule has 0 bridgehead atoms. The Labute approximate surface area is 167 Å². The van der Waals surface area contributed by atoms with Crippen molar-refractivity contribution in [2.45, 2.75) is 70.0 Å². The minimum atomic E-state index is -0.819. The molecule has 0 spiro atoms. The number of hydrogen-bond acceptors (Lipinski definition) is 5. The molecule has 4 unspecified atom stereocenters. The van der Waals surface area contributed by atoms with Crippen LogP contribution in [-0.4, -0.2) is 41.4 Å². The van der Waals surface area contributed by atoms with Gasteiger partial charge in [0.05, 0.1) is 11.3 Å². The SMILES string of the molecule is C=C1CC2C(CC[C@]3(C)C(=O)CCC23)[C@@]2(O)CC/C(=N\OC3CCNC3)C=C12. The van der Waals surface area contributed by atoms with E-state index >= 15 is 0 Å². The van der Waals surface area contributed by atoms with Crippen molar-refractivity contribution >= 4 is 11.5 Å². The number of ketones is 1. The van der Waals surface area contributed by atoms with Crippen molar-refractivity contribution in [3.63, 3.8) is 0 Å². The van der Waals surface area contributed by atoms with E-state index in [4.69, 9.17) is 4.84 Å². The number of aliphatic hydroxyl groups is 1. The number of carbonyl (C=O) groups is 1. The van der Waals surface area contributed by atoms with Crippen LogP contribution in [0.3, 0.4) is 0 Å². The third kappa shape index (κ3) is 2.66. The molecule has 4 fully saturated rings. The largest absolute Gasteiger partial charge is 0.391 e. The van der Waals surface area contributed by atoms with E-state index < -0.39 is 5.60 Å². The van der Waals surface area contributed by atoms with E-state index in [0.29, 0.717) is 30.5 Å². The van der Waals surface area contributed by atoms with Crippen molar-refractivity contribution < 1.29 is 14.7 Å². The van der Waals surface area contributed by atoms with Gasteiger partial charge in [-0.1, -0.05) is 18.7 Å². The predicted molar refractivity (Wildman–Crippen MR) is 108 cm³/mol. The fourth-order valence-electron chi connectivity index (χ4n) is 6.87. The molecule has 3 saturated carbocycles. The quantitative estimate of drug-likeness (QED) is 0.718. The smallest absolute Gasteiger partial charge is 0.141 e. The molecule has 0 amide bonds. The summed E-state index contributed by atoms with van der Waals surface area (Å²) in [6.45, 7) is 8.35. The van der Waals surface area contributed by atoms with Crippen LogP contribution in [0.15, 0.2) is 29.0 Å². The third-order valence-electron chi connectivity index (χ3n) is 8.50. The summed E-state index contributed by atoms with van der Waals surface area (Å²) in [5.74, 6) is 1.44. The van der Waals surface area contributed by atoms with Crippen LogP contribution in [0.25, 0.3) is 0 Å². The molecule has 0 aromatic rings. The summed E-state index contributed by atoms with van der Waals surface area (Å²) in [5, 5.41) is 19.5. The van der Waals surface area contributed by atoms with Gasteiger partial charge in [-0.05, 0) is 80.0 Å². The van der Waals surface area contributed by atoms with E-state index in [1.165, 1.54) is 0 Å². The molecule has 5 aliphatic rings. The zero-order valence-corrected chi connectivity index (χ0v) is 16.9. The average Bonchev–Trinajstić information content (AvgIpc) is 3.29. The molecule has 6 atom stereocenters. The lowest BCUT2D eigenvalue weighted by atomic mass is 9.50. The molecule has 1 heterocycles. The molecule has 152 valence electrons. The molecule has 0 radical (unpaired) electrons. The van der Waals surface area contributed by atoms with Crippen LogP contribution < -0.4 is 5.32 Å². The fraction of sp³-hybridized carbons (Fsp3) is 0.739. The Morgan fingerprint density at radius 2 is 2.11 bits per heavy atom. The van der Waals surface area contributed by atoms with Gasteiger partial charge in [0.1, 0.15) is 11.9 Å². The second-order valence-corrected chi connectivity index (χ2v) is 9.89. The van der Waals surface area contributed by atoms with Gasteiger partial charge in [-0.2, -0.15) is 0 Å².